The van der Waals surface area contributed by atoms with Gasteiger partial charge in [-0.3, -0.25) is 0 Å². The van der Waals surface area contributed by atoms with Crippen molar-refractivity contribution in [3.63, 3.8) is 0 Å². The Kier molecular flexibility index (Phi) is 4.50. The number of anilines is 1. The minimum absolute atomic E-state index is 0.181. The number of rotatable bonds is 6. The van der Waals surface area contributed by atoms with Gasteiger partial charge in [-0.05, 0) is 12.3 Å². The number of hydrogen-bond acceptors (Lipinski definition) is 5. The number of nitrogens with zero attached hydrogens (tertiary/aromatic N) is 3. The van der Waals surface area contributed by atoms with E-state index in [-0.39, 0.29) is 17.4 Å². The van der Waals surface area contributed by atoms with E-state index in [4.69, 9.17) is 5.73 Å². The fourth-order valence-electron chi connectivity index (χ4n) is 1.67. The largest absolute Gasteiger partial charge is 0.381 e. The fourth-order valence-corrected chi connectivity index (χ4v) is 2.53. The minimum Gasteiger partial charge on any atom is -0.381 e. The Bertz CT molecular complexity index is 465. The molecule has 0 aliphatic heterocycles. The highest BCUT2D eigenvalue weighted by atomic mass is 32.2. The Hall–Kier alpha value is -1.11. The summed E-state index contributed by atoms with van der Waals surface area (Å²) in [5.74, 6) is 1.02. The molecule has 0 atom stereocenters. The molecule has 0 spiro atoms. The van der Waals surface area contributed by atoms with Crippen molar-refractivity contribution < 1.29 is 8.42 Å². The SMILES string of the molecule is CCS(=O)(=O)CCCn1nnc(N)c1C(C)C. The molecular weight excluding hydrogens is 240 g/mol. The van der Waals surface area contributed by atoms with Crippen LogP contribution in [-0.2, 0) is 16.4 Å². The number of aryl methyl sites for hydroxylation is 1. The standard InChI is InChI=1S/C10H20N4O2S/c1-4-17(15,16)7-5-6-14-9(8(2)3)10(11)12-13-14/h8H,4-7,11H2,1-3H3. The van der Waals surface area contributed by atoms with E-state index in [2.05, 4.69) is 10.3 Å². The second-order valence-electron chi connectivity index (χ2n) is 4.33. The van der Waals surface area contributed by atoms with Gasteiger partial charge in [-0.2, -0.15) is 0 Å². The van der Waals surface area contributed by atoms with E-state index >= 15 is 0 Å². The molecule has 2 N–H and O–H groups in total. The van der Waals surface area contributed by atoms with Crippen LogP contribution in [0.25, 0.3) is 0 Å². The van der Waals surface area contributed by atoms with Crippen LogP contribution < -0.4 is 5.73 Å². The molecule has 0 aliphatic rings. The van der Waals surface area contributed by atoms with Gasteiger partial charge in [0, 0.05) is 12.3 Å². The third kappa shape index (κ3) is 3.69. The molecule has 0 saturated heterocycles. The van der Waals surface area contributed by atoms with E-state index in [0.717, 1.165) is 5.69 Å². The van der Waals surface area contributed by atoms with Crippen LogP contribution in [0, 0.1) is 0 Å². The van der Waals surface area contributed by atoms with Crippen molar-refractivity contribution in [3.8, 4) is 0 Å². The van der Waals surface area contributed by atoms with Crippen molar-refractivity contribution in [2.24, 2.45) is 0 Å². The van der Waals surface area contributed by atoms with Gasteiger partial charge in [0.25, 0.3) is 0 Å². The molecule has 1 heterocycles. The predicted molar refractivity (Wildman–Crippen MR) is 67.5 cm³/mol. The molecule has 0 saturated carbocycles. The van der Waals surface area contributed by atoms with E-state index in [1.54, 1.807) is 11.6 Å². The Morgan fingerprint density at radius 3 is 2.59 bits per heavy atom. The molecule has 7 heteroatoms. The monoisotopic (exact) mass is 260 g/mol. The van der Waals surface area contributed by atoms with Gasteiger partial charge < -0.3 is 5.73 Å². The highest BCUT2D eigenvalue weighted by molar-refractivity contribution is 7.91. The molecule has 1 rings (SSSR count). The van der Waals surface area contributed by atoms with Crippen LogP contribution in [0.2, 0.25) is 0 Å². The predicted octanol–water partition coefficient (Wildman–Crippen LogP) is 0.809. The number of hydrogen-bond donors (Lipinski definition) is 1. The highest BCUT2D eigenvalue weighted by Crippen LogP contribution is 2.19. The fraction of sp³-hybridized carbons (Fsp3) is 0.800. The molecule has 0 aliphatic carbocycles. The van der Waals surface area contributed by atoms with E-state index < -0.39 is 9.84 Å². The number of sulfone groups is 1. The molecule has 6 nitrogen and oxygen atoms in total. The van der Waals surface area contributed by atoms with E-state index in [1.165, 1.54) is 0 Å². The zero-order valence-corrected chi connectivity index (χ0v) is 11.4. The first-order valence-electron chi connectivity index (χ1n) is 5.76. The van der Waals surface area contributed by atoms with Gasteiger partial charge in [0.15, 0.2) is 5.82 Å². The summed E-state index contributed by atoms with van der Waals surface area (Å²) in [6.45, 7) is 6.21. The smallest absolute Gasteiger partial charge is 0.169 e. The summed E-state index contributed by atoms with van der Waals surface area (Å²) in [4.78, 5) is 0. The average Bonchev–Trinajstić information content (AvgIpc) is 2.59. The van der Waals surface area contributed by atoms with Crippen molar-refractivity contribution in [3.05, 3.63) is 5.69 Å². The summed E-state index contributed by atoms with van der Waals surface area (Å²) in [5.41, 5.74) is 6.59. The van der Waals surface area contributed by atoms with Gasteiger partial charge in [-0.15, -0.1) is 5.10 Å². The molecule has 17 heavy (non-hydrogen) atoms. The highest BCUT2D eigenvalue weighted by Gasteiger charge is 2.14. The molecule has 0 bridgehead atoms. The maximum Gasteiger partial charge on any atom is 0.169 e. The lowest BCUT2D eigenvalue weighted by Crippen LogP contribution is -2.14. The summed E-state index contributed by atoms with van der Waals surface area (Å²) < 4.78 is 24.4. The van der Waals surface area contributed by atoms with Crippen LogP contribution >= 0.6 is 0 Å². The van der Waals surface area contributed by atoms with Crippen LogP contribution in [0.1, 0.15) is 38.8 Å². The lowest BCUT2D eigenvalue weighted by Gasteiger charge is -2.09. The molecular formula is C10H20N4O2S. The summed E-state index contributed by atoms with van der Waals surface area (Å²) in [5, 5.41) is 7.74. The topological polar surface area (TPSA) is 90.9 Å². The minimum atomic E-state index is -2.91. The first-order valence-corrected chi connectivity index (χ1v) is 7.58. The summed E-state index contributed by atoms with van der Waals surface area (Å²) in [6, 6.07) is 0. The summed E-state index contributed by atoms with van der Waals surface area (Å²) >= 11 is 0. The van der Waals surface area contributed by atoms with Crippen molar-refractivity contribution >= 4 is 15.7 Å². The third-order valence-electron chi connectivity index (χ3n) is 2.61. The molecule has 0 fully saturated rings. The maximum absolute atomic E-state index is 11.3. The maximum atomic E-state index is 11.3. The third-order valence-corrected chi connectivity index (χ3v) is 4.40. The normalized spacial score (nSPS) is 12.2. The lowest BCUT2D eigenvalue weighted by atomic mass is 10.1. The summed E-state index contributed by atoms with van der Waals surface area (Å²) in [7, 11) is -2.91. The number of aromatic nitrogens is 3. The van der Waals surface area contributed by atoms with Gasteiger partial charge in [-0.1, -0.05) is 26.0 Å². The van der Waals surface area contributed by atoms with Crippen LogP contribution in [0.3, 0.4) is 0 Å². The summed E-state index contributed by atoms with van der Waals surface area (Å²) in [6.07, 6.45) is 0.540. The molecule has 98 valence electrons. The Morgan fingerprint density at radius 2 is 2.06 bits per heavy atom. The van der Waals surface area contributed by atoms with Gasteiger partial charge in [0.05, 0.1) is 11.4 Å². The van der Waals surface area contributed by atoms with Gasteiger partial charge in [0.1, 0.15) is 9.84 Å². The van der Waals surface area contributed by atoms with E-state index in [1.807, 2.05) is 13.8 Å². The van der Waals surface area contributed by atoms with Gasteiger partial charge in [-0.25, -0.2) is 13.1 Å². The van der Waals surface area contributed by atoms with Crippen LogP contribution in [-0.4, -0.2) is 34.9 Å². The van der Waals surface area contributed by atoms with Crippen molar-refractivity contribution in [1.82, 2.24) is 15.0 Å². The number of nitrogen functional groups attached to an aromatic ring is 1. The average molecular weight is 260 g/mol. The Morgan fingerprint density at radius 1 is 1.41 bits per heavy atom. The second kappa shape index (κ2) is 5.48. The quantitative estimate of drug-likeness (QED) is 0.817. The van der Waals surface area contributed by atoms with E-state index in [9.17, 15) is 8.42 Å². The van der Waals surface area contributed by atoms with Crippen molar-refractivity contribution in [1.29, 1.82) is 0 Å². The Balaban J connectivity index is 2.65. The molecule has 0 aromatic carbocycles. The molecule has 0 unspecified atom stereocenters. The molecule has 1 aromatic heterocycles. The molecule has 0 radical (unpaired) electrons. The van der Waals surface area contributed by atoms with Gasteiger partial charge >= 0.3 is 0 Å². The van der Waals surface area contributed by atoms with Gasteiger partial charge in [0.2, 0.25) is 0 Å². The van der Waals surface area contributed by atoms with Crippen LogP contribution in [0.5, 0.6) is 0 Å². The zero-order chi connectivity index (χ0) is 13.1. The van der Waals surface area contributed by atoms with Crippen molar-refractivity contribution in [2.75, 3.05) is 17.2 Å². The molecule has 0 amide bonds. The Labute approximate surface area is 102 Å². The first kappa shape index (κ1) is 14.0. The number of nitrogens with two attached hydrogens (primary N) is 1. The van der Waals surface area contributed by atoms with E-state index in [0.29, 0.717) is 18.8 Å². The second-order valence-corrected chi connectivity index (χ2v) is 6.80. The van der Waals surface area contributed by atoms with Crippen LogP contribution in [0.4, 0.5) is 5.82 Å². The first-order chi connectivity index (χ1) is 7.87. The molecule has 1 aromatic rings. The van der Waals surface area contributed by atoms with Crippen LogP contribution in [0.15, 0.2) is 0 Å². The van der Waals surface area contributed by atoms with Crippen molar-refractivity contribution in [2.45, 2.75) is 39.7 Å². The lowest BCUT2D eigenvalue weighted by molar-refractivity contribution is 0.535. The zero-order valence-electron chi connectivity index (χ0n) is 10.5.